The third kappa shape index (κ3) is 4.12. The fraction of sp³-hybridized carbons (Fsp3) is 0.176. The van der Waals surface area contributed by atoms with Gasteiger partial charge in [0.1, 0.15) is 17.4 Å². The number of halogens is 2. The van der Waals surface area contributed by atoms with Crippen LogP contribution in [0.25, 0.3) is 0 Å². The van der Waals surface area contributed by atoms with Crippen molar-refractivity contribution in [2.45, 2.75) is 18.8 Å². The minimum Gasteiger partial charge on any atom is -0.508 e. The molecule has 0 aliphatic heterocycles. The van der Waals surface area contributed by atoms with Crippen LogP contribution in [-0.2, 0) is 4.79 Å². The molecule has 0 bridgehead atoms. The van der Waals surface area contributed by atoms with Gasteiger partial charge in [-0.3, -0.25) is 4.79 Å². The molecule has 2 aromatic rings. The predicted molar refractivity (Wildman–Crippen MR) is 80.9 cm³/mol. The first-order valence-electron chi connectivity index (χ1n) is 6.91. The summed E-state index contributed by atoms with van der Waals surface area (Å²) >= 11 is 0. The zero-order valence-electron chi connectivity index (χ0n) is 12.1. The second-order valence-corrected chi connectivity index (χ2v) is 5.11. The first-order chi connectivity index (χ1) is 10.9. The number of benzene rings is 2. The molecule has 0 saturated carbocycles. The van der Waals surface area contributed by atoms with E-state index < -0.39 is 23.5 Å². The molecular weight excluding hydrogens is 304 g/mol. The standard InChI is InChI=1S/C17H15F2NO3/c18-11-3-1-10(2-4-11)17(14(20)6-8-16(22)23)13-9-12(19)5-7-15(13)21/h1-5,7,9,17,20-21H,6,8H2,(H,22,23). The highest BCUT2D eigenvalue weighted by Gasteiger charge is 2.23. The van der Waals surface area contributed by atoms with Gasteiger partial charge in [0.05, 0.1) is 12.3 Å². The monoisotopic (exact) mass is 319 g/mol. The Kier molecular flexibility index (Phi) is 5.05. The summed E-state index contributed by atoms with van der Waals surface area (Å²) in [5.74, 6) is -3.16. The molecule has 0 heterocycles. The summed E-state index contributed by atoms with van der Waals surface area (Å²) in [6, 6.07) is 8.61. The van der Waals surface area contributed by atoms with Crippen LogP contribution in [0.15, 0.2) is 42.5 Å². The highest BCUT2D eigenvalue weighted by atomic mass is 19.1. The maximum Gasteiger partial charge on any atom is 0.303 e. The smallest absolute Gasteiger partial charge is 0.303 e. The van der Waals surface area contributed by atoms with Gasteiger partial charge in [0, 0.05) is 11.3 Å². The molecule has 2 rings (SSSR count). The van der Waals surface area contributed by atoms with Crippen molar-refractivity contribution in [1.82, 2.24) is 0 Å². The van der Waals surface area contributed by atoms with Crippen LogP contribution < -0.4 is 0 Å². The Bertz CT molecular complexity index is 729. The summed E-state index contributed by atoms with van der Waals surface area (Å²) in [5, 5.41) is 26.9. The molecule has 0 aromatic heterocycles. The summed E-state index contributed by atoms with van der Waals surface area (Å²) in [5.41, 5.74) is 0.620. The number of phenols is 1. The quantitative estimate of drug-likeness (QED) is 0.710. The molecule has 120 valence electrons. The van der Waals surface area contributed by atoms with Crippen LogP contribution >= 0.6 is 0 Å². The van der Waals surface area contributed by atoms with E-state index in [2.05, 4.69) is 0 Å². The largest absolute Gasteiger partial charge is 0.508 e. The van der Waals surface area contributed by atoms with Gasteiger partial charge in [0.2, 0.25) is 0 Å². The molecule has 0 spiro atoms. The normalized spacial score (nSPS) is 11.9. The molecule has 0 amide bonds. The lowest BCUT2D eigenvalue weighted by Crippen LogP contribution is -2.15. The maximum atomic E-state index is 13.5. The average Bonchev–Trinajstić information content (AvgIpc) is 2.51. The molecule has 0 aliphatic rings. The van der Waals surface area contributed by atoms with Crippen molar-refractivity contribution in [1.29, 1.82) is 5.41 Å². The van der Waals surface area contributed by atoms with E-state index in [0.29, 0.717) is 5.56 Å². The van der Waals surface area contributed by atoms with E-state index in [1.165, 1.54) is 30.3 Å². The fourth-order valence-corrected chi connectivity index (χ4v) is 2.37. The number of rotatable bonds is 6. The summed E-state index contributed by atoms with van der Waals surface area (Å²) < 4.78 is 26.6. The van der Waals surface area contributed by atoms with E-state index in [1.807, 2.05) is 0 Å². The number of carboxylic acids is 1. The predicted octanol–water partition coefficient (Wildman–Crippen LogP) is 3.69. The lowest BCUT2D eigenvalue weighted by Gasteiger charge is -2.20. The Morgan fingerprint density at radius 2 is 1.65 bits per heavy atom. The van der Waals surface area contributed by atoms with E-state index in [-0.39, 0.29) is 29.9 Å². The van der Waals surface area contributed by atoms with Crippen LogP contribution in [0.5, 0.6) is 5.75 Å². The Morgan fingerprint density at radius 1 is 1.04 bits per heavy atom. The minimum atomic E-state index is -1.06. The zero-order chi connectivity index (χ0) is 17.0. The van der Waals surface area contributed by atoms with Crippen molar-refractivity contribution >= 4 is 11.7 Å². The van der Waals surface area contributed by atoms with E-state index in [0.717, 1.165) is 12.1 Å². The van der Waals surface area contributed by atoms with Crippen LogP contribution in [0.2, 0.25) is 0 Å². The molecular formula is C17H15F2NO3. The molecule has 0 radical (unpaired) electrons. The summed E-state index contributed by atoms with van der Waals surface area (Å²) in [6.45, 7) is 0. The number of hydrogen-bond donors (Lipinski definition) is 3. The van der Waals surface area contributed by atoms with E-state index in [1.54, 1.807) is 0 Å². The first-order valence-corrected chi connectivity index (χ1v) is 6.91. The number of phenolic OH excluding ortho intramolecular Hbond substituents is 1. The van der Waals surface area contributed by atoms with Gasteiger partial charge in [0.15, 0.2) is 0 Å². The van der Waals surface area contributed by atoms with Gasteiger partial charge < -0.3 is 15.6 Å². The minimum absolute atomic E-state index is 0.0000850. The highest BCUT2D eigenvalue weighted by molar-refractivity contribution is 5.93. The molecule has 6 heteroatoms. The van der Waals surface area contributed by atoms with Gasteiger partial charge in [-0.05, 0) is 42.3 Å². The van der Waals surface area contributed by atoms with Crippen molar-refractivity contribution in [2.24, 2.45) is 0 Å². The molecule has 4 nitrogen and oxygen atoms in total. The van der Waals surface area contributed by atoms with Crippen LogP contribution in [-0.4, -0.2) is 21.9 Å². The van der Waals surface area contributed by atoms with Crippen molar-refractivity contribution in [3.05, 3.63) is 65.2 Å². The lowest BCUT2D eigenvalue weighted by molar-refractivity contribution is -0.136. The van der Waals surface area contributed by atoms with Gasteiger partial charge in [-0.2, -0.15) is 0 Å². The number of aromatic hydroxyl groups is 1. The van der Waals surface area contributed by atoms with Crippen LogP contribution in [0.1, 0.15) is 29.9 Å². The maximum absolute atomic E-state index is 13.5. The van der Waals surface area contributed by atoms with Crippen LogP contribution in [0.3, 0.4) is 0 Å². The Morgan fingerprint density at radius 3 is 2.26 bits per heavy atom. The molecule has 0 aliphatic carbocycles. The molecule has 23 heavy (non-hydrogen) atoms. The van der Waals surface area contributed by atoms with E-state index >= 15 is 0 Å². The van der Waals surface area contributed by atoms with Gasteiger partial charge in [0.25, 0.3) is 0 Å². The average molecular weight is 319 g/mol. The van der Waals surface area contributed by atoms with Gasteiger partial charge in [-0.1, -0.05) is 12.1 Å². The number of nitrogens with one attached hydrogen (secondary N) is 1. The van der Waals surface area contributed by atoms with Gasteiger partial charge >= 0.3 is 5.97 Å². The molecule has 0 saturated heterocycles. The molecule has 0 fully saturated rings. The number of hydrogen-bond acceptors (Lipinski definition) is 3. The Balaban J connectivity index is 2.46. The number of carboxylic acid groups (broad SMARTS) is 1. The zero-order valence-corrected chi connectivity index (χ0v) is 12.1. The van der Waals surface area contributed by atoms with Gasteiger partial charge in [-0.25, -0.2) is 8.78 Å². The summed E-state index contributed by atoms with van der Waals surface area (Å²) in [6.07, 6.45) is -0.320. The number of carbonyl (C=O) groups is 1. The van der Waals surface area contributed by atoms with Crippen molar-refractivity contribution in [3.8, 4) is 5.75 Å². The van der Waals surface area contributed by atoms with Crippen LogP contribution in [0.4, 0.5) is 8.78 Å². The third-order valence-corrected chi connectivity index (χ3v) is 3.46. The highest BCUT2D eigenvalue weighted by Crippen LogP contribution is 2.34. The second kappa shape index (κ2) is 7.00. The molecule has 2 aromatic carbocycles. The summed E-state index contributed by atoms with van der Waals surface area (Å²) in [4.78, 5) is 10.7. The van der Waals surface area contributed by atoms with Crippen molar-refractivity contribution in [3.63, 3.8) is 0 Å². The molecule has 1 unspecified atom stereocenters. The molecule has 3 N–H and O–H groups in total. The lowest BCUT2D eigenvalue weighted by atomic mass is 9.85. The summed E-state index contributed by atoms with van der Waals surface area (Å²) in [7, 11) is 0. The Hall–Kier alpha value is -2.76. The topological polar surface area (TPSA) is 81.4 Å². The van der Waals surface area contributed by atoms with Crippen molar-refractivity contribution < 1.29 is 23.8 Å². The second-order valence-electron chi connectivity index (χ2n) is 5.11. The van der Waals surface area contributed by atoms with Crippen LogP contribution in [0, 0.1) is 17.0 Å². The first kappa shape index (κ1) is 16.6. The Labute approximate surface area is 131 Å². The molecule has 1 atom stereocenters. The SMILES string of the molecule is N=C(CCC(=O)O)C(c1ccc(F)cc1)c1cc(F)ccc1O. The third-order valence-electron chi connectivity index (χ3n) is 3.46. The number of aliphatic carboxylic acids is 1. The fourth-order valence-electron chi connectivity index (χ4n) is 2.37. The van der Waals surface area contributed by atoms with E-state index in [9.17, 15) is 18.7 Å². The van der Waals surface area contributed by atoms with Crippen molar-refractivity contribution in [2.75, 3.05) is 0 Å². The van der Waals surface area contributed by atoms with E-state index in [4.69, 9.17) is 10.5 Å². The van der Waals surface area contributed by atoms with Gasteiger partial charge in [-0.15, -0.1) is 0 Å².